The van der Waals surface area contributed by atoms with Crippen LogP contribution in [0.25, 0.3) is 0 Å². The molecule has 19 heavy (non-hydrogen) atoms. The predicted octanol–water partition coefficient (Wildman–Crippen LogP) is 2.72. The quantitative estimate of drug-likeness (QED) is 0.493. The van der Waals surface area contributed by atoms with Gasteiger partial charge in [-0.3, -0.25) is 0 Å². The van der Waals surface area contributed by atoms with E-state index < -0.39 is 0 Å². The molecule has 0 bridgehead atoms. The van der Waals surface area contributed by atoms with Crippen LogP contribution in [0, 0.1) is 5.92 Å². The third-order valence-corrected chi connectivity index (χ3v) is 3.07. The Labute approximate surface area is 119 Å². The van der Waals surface area contributed by atoms with Crippen molar-refractivity contribution in [3.05, 3.63) is 12.3 Å². The van der Waals surface area contributed by atoms with Crippen LogP contribution >= 0.6 is 0 Å². The maximum Gasteiger partial charge on any atom is 0.0764 e. The highest BCUT2D eigenvalue weighted by Gasteiger charge is 2.11. The molecular weight excluding hydrogens is 240 g/mol. The highest BCUT2D eigenvalue weighted by molar-refractivity contribution is 4.72. The van der Waals surface area contributed by atoms with Gasteiger partial charge in [-0.05, 0) is 38.4 Å². The van der Waals surface area contributed by atoms with Crippen molar-refractivity contribution >= 4 is 0 Å². The monoisotopic (exact) mass is 274 g/mol. The molecule has 4 nitrogen and oxygen atoms in total. The highest BCUT2D eigenvalue weighted by atomic mass is 16.5. The lowest BCUT2D eigenvalue weighted by Crippen LogP contribution is -2.27. The molecule has 0 aromatic rings. The van der Waals surface area contributed by atoms with E-state index in [1.165, 1.54) is 38.6 Å². The van der Waals surface area contributed by atoms with Crippen molar-refractivity contribution in [1.29, 1.82) is 0 Å². The van der Waals surface area contributed by atoms with Crippen molar-refractivity contribution in [2.24, 2.45) is 5.92 Å². The molecule has 3 N–H and O–H groups in total. The average molecular weight is 274 g/mol. The van der Waals surface area contributed by atoms with Crippen LogP contribution in [0.3, 0.4) is 0 Å². The first-order valence-corrected chi connectivity index (χ1v) is 6.98. The van der Waals surface area contributed by atoms with Gasteiger partial charge in [-0.25, -0.2) is 0 Å². The molecule has 0 radical (unpaired) electrons. The van der Waals surface area contributed by atoms with Gasteiger partial charge in [-0.1, -0.05) is 26.7 Å². The second-order valence-corrected chi connectivity index (χ2v) is 4.64. The molecule has 1 fully saturated rings. The van der Waals surface area contributed by atoms with Crippen LogP contribution in [-0.2, 0) is 4.74 Å². The first kappa shape index (κ1) is 20.7. The second-order valence-electron chi connectivity index (χ2n) is 4.64. The van der Waals surface area contributed by atoms with Crippen LogP contribution < -0.4 is 10.6 Å². The number of likely N-dealkylation sites (N-methyl/N-ethyl adjacent to an activating group) is 1. The average Bonchev–Trinajstić information content (AvgIpc) is 2.43. The van der Waals surface area contributed by atoms with Crippen molar-refractivity contribution in [3.63, 3.8) is 0 Å². The van der Waals surface area contributed by atoms with E-state index in [2.05, 4.69) is 10.6 Å². The third kappa shape index (κ3) is 15.4. The van der Waals surface area contributed by atoms with Crippen LogP contribution in [0.4, 0.5) is 0 Å². The molecule has 0 amide bonds. The van der Waals surface area contributed by atoms with Crippen LogP contribution in [0.1, 0.15) is 39.5 Å². The fourth-order valence-corrected chi connectivity index (χ4v) is 2.04. The summed E-state index contributed by atoms with van der Waals surface area (Å²) < 4.78 is 4.97. The van der Waals surface area contributed by atoms with Gasteiger partial charge in [-0.2, -0.15) is 0 Å². The largest absolute Gasteiger partial charge is 0.516 e. The van der Waals surface area contributed by atoms with E-state index in [0.717, 1.165) is 31.9 Å². The van der Waals surface area contributed by atoms with Crippen LogP contribution in [0.2, 0.25) is 0 Å². The molecule has 1 aliphatic carbocycles. The zero-order chi connectivity index (χ0) is 13.5. The minimum absolute atomic E-state index is 0. The number of hydrogen-bond acceptors (Lipinski definition) is 4. The molecule has 0 heterocycles. The Morgan fingerprint density at radius 1 is 1.26 bits per heavy atom. The summed E-state index contributed by atoms with van der Waals surface area (Å²) in [5.41, 5.74) is 0. The summed E-state index contributed by atoms with van der Waals surface area (Å²) in [4.78, 5) is 0. The molecule has 0 unspecified atom stereocenters. The number of ether oxygens (including phenoxy) is 1. The topological polar surface area (TPSA) is 53.5 Å². The van der Waals surface area contributed by atoms with Gasteiger partial charge in [0, 0.05) is 20.2 Å². The molecule has 4 heteroatoms. The van der Waals surface area contributed by atoms with E-state index >= 15 is 0 Å². The fraction of sp³-hybridized carbons (Fsp3) is 0.867. The number of hydrogen-bond donors (Lipinski definition) is 3. The Bertz CT molecular complexity index is 181. The summed E-state index contributed by atoms with van der Waals surface area (Å²) in [6, 6.07) is 0. The standard InChI is InChI=1S/C10H21NO.C4H9NO.CH4/c1-12-8-7-11-9-10-5-3-2-4-6-10;1-5-3-2-4-6;/h10-11H,2-9H2,1H3;2,4-6H,3H2,1H3;1H4/b;4-2+;. The Hall–Kier alpha value is -0.580. The number of methoxy groups -OCH3 is 1. The lowest BCUT2D eigenvalue weighted by molar-refractivity contribution is 0.196. The molecule has 116 valence electrons. The minimum Gasteiger partial charge on any atom is -0.516 e. The van der Waals surface area contributed by atoms with Crippen LogP contribution in [-0.4, -0.2) is 45.5 Å². The maximum atomic E-state index is 7.98. The zero-order valence-corrected chi connectivity index (χ0v) is 12.0. The molecule has 0 aromatic heterocycles. The first-order chi connectivity index (χ1) is 8.85. The molecule has 1 aliphatic rings. The van der Waals surface area contributed by atoms with E-state index in [9.17, 15) is 0 Å². The van der Waals surface area contributed by atoms with Crippen molar-refractivity contribution in [1.82, 2.24) is 10.6 Å². The molecule has 0 atom stereocenters. The zero-order valence-electron chi connectivity index (χ0n) is 12.0. The Kier molecular flexibility index (Phi) is 19.0. The van der Waals surface area contributed by atoms with E-state index in [1.807, 2.05) is 7.05 Å². The first-order valence-electron chi connectivity index (χ1n) is 6.98. The van der Waals surface area contributed by atoms with Gasteiger partial charge >= 0.3 is 0 Å². The summed E-state index contributed by atoms with van der Waals surface area (Å²) in [5, 5.41) is 14.2. The van der Waals surface area contributed by atoms with Gasteiger partial charge in [0.2, 0.25) is 0 Å². The molecule has 1 rings (SSSR count). The normalized spacial score (nSPS) is 15.7. The fourth-order valence-electron chi connectivity index (χ4n) is 2.04. The Balaban J connectivity index is 0. The van der Waals surface area contributed by atoms with Crippen molar-refractivity contribution < 1.29 is 9.84 Å². The smallest absolute Gasteiger partial charge is 0.0764 e. The van der Waals surface area contributed by atoms with Gasteiger partial charge in [0.05, 0.1) is 12.9 Å². The van der Waals surface area contributed by atoms with Gasteiger partial charge in [0.25, 0.3) is 0 Å². The Morgan fingerprint density at radius 2 is 1.95 bits per heavy atom. The van der Waals surface area contributed by atoms with E-state index in [-0.39, 0.29) is 7.43 Å². The summed E-state index contributed by atoms with van der Waals surface area (Å²) in [5.74, 6) is 0.940. The summed E-state index contributed by atoms with van der Waals surface area (Å²) in [6.07, 6.45) is 9.85. The number of rotatable bonds is 7. The Morgan fingerprint density at radius 3 is 2.42 bits per heavy atom. The van der Waals surface area contributed by atoms with Crippen molar-refractivity contribution in [2.45, 2.75) is 39.5 Å². The van der Waals surface area contributed by atoms with Gasteiger partial charge < -0.3 is 20.5 Å². The van der Waals surface area contributed by atoms with Crippen molar-refractivity contribution in [2.75, 3.05) is 40.4 Å². The summed E-state index contributed by atoms with van der Waals surface area (Å²) in [6.45, 7) is 3.78. The molecule has 1 saturated carbocycles. The molecule has 0 spiro atoms. The molecule has 0 aliphatic heterocycles. The summed E-state index contributed by atoms with van der Waals surface area (Å²) >= 11 is 0. The molecule has 0 aromatic carbocycles. The van der Waals surface area contributed by atoms with E-state index in [4.69, 9.17) is 9.84 Å². The maximum absolute atomic E-state index is 7.98. The predicted molar refractivity (Wildman–Crippen MR) is 83.7 cm³/mol. The number of aliphatic hydroxyl groups is 1. The summed E-state index contributed by atoms with van der Waals surface area (Å²) in [7, 11) is 3.57. The van der Waals surface area contributed by atoms with Crippen molar-refractivity contribution in [3.8, 4) is 0 Å². The van der Waals surface area contributed by atoms with Crippen LogP contribution in [0.15, 0.2) is 12.3 Å². The second kappa shape index (κ2) is 17.4. The lowest BCUT2D eigenvalue weighted by atomic mass is 9.89. The van der Waals surface area contributed by atoms with Gasteiger partial charge in [0.15, 0.2) is 0 Å². The highest BCUT2D eigenvalue weighted by Crippen LogP contribution is 2.22. The van der Waals surface area contributed by atoms with E-state index in [0.29, 0.717) is 0 Å². The van der Waals surface area contributed by atoms with Crippen LogP contribution in [0.5, 0.6) is 0 Å². The number of nitrogens with one attached hydrogen (secondary N) is 2. The number of aliphatic hydroxyl groups excluding tert-OH is 1. The molecular formula is C15H34N2O2. The van der Waals surface area contributed by atoms with E-state index in [1.54, 1.807) is 13.2 Å². The van der Waals surface area contributed by atoms with Gasteiger partial charge in [0.1, 0.15) is 0 Å². The lowest BCUT2D eigenvalue weighted by Gasteiger charge is -2.21. The SMILES string of the molecule is C.CNC/C=C/O.COCCNCC1CCCCC1. The minimum atomic E-state index is 0. The van der Waals surface area contributed by atoms with Gasteiger partial charge in [-0.15, -0.1) is 0 Å². The third-order valence-electron chi connectivity index (χ3n) is 3.07. The molecule has 0 saturated heterocycles.